The molecule has 1 N–H and O–H groups in total. The predicted molar refractivity (Wildman–Crippen MR) is 71.1 cm³/mol. The van der Waals surface area contributed by atoms with Gasteiger partial charge in [-0.05, 0) is 23.2 Å². The van der Waals surface area contributed by atoms with Crippen molar-refractivity contribution >= 4 is 0 Å². The standard InChI is InChI=1S/C14H25N3O/c1-6-7-17-11(15-9-16-17)8-10(18)12-13(2,3)14(12,4)5/h9-10,12,18H,6-8H2,1-5H3. The first-order valence-electron chi connectivity index (χ1n) is 6.87. The van der Waals surface area contributed by atoms with Crippen molar-refractivity contribution < 1.29 is 5.11 Å². The molecule has 1 heterocycles. The molecule has 0 spiro atoms. The molecule has 1 unspecified atom stereocenters. The number of aliphatic hydroxyl groups excluding tert-OH is 1. The zero-order chi connectivity index (χ0) is 13.6. The van der Waals surface area contributed by atoms with Gasteiger partial charge in [0, 0.05) is 13.0 Å². The molecule has 1 saturated carbocycles. The third-order valence-corrected chi connectivity index (χ3v) is 5.04. The maximum Gasteiger partial charge on any atom is 0.138 e. The van der Waals surface area contributed by atoms with Crippen molar-refractivity contribution in [3.8, 4) is 0 Å². The summed E-state index contributed by atoms with van der Waals surface area (Å²) >= 11 is 0. The van der Waals surface area contributed by atoms with E-state index in [-0.39, 0.29) is 16.9 Å². The Hall–Kier alpha value is -0.900. The molecule has 1 aromatic heterocycles. The maximum absolute atomic E-state index is 10.4. The van der Waals surface area contributed by atoms with Gasteiger partial charge in [0.25, 0.3) is 0 Å². The fourth-order valence-corrected chi connectivity index (χ4v) is 3.36. The van der Waals surface area contributed by atoms with Crippen LogP contribution in [0.3, 0.4) is 0 Å². The topological polar surface area (TPSA) is 50.9 Å². The van der Waals surface area contributed by atoms with E-state index in [1.807, 2.05) is 4.68 Å². The Bertz CT molecular complexity index is 408. The first kappa shape index (κ1) is 13.5. The van der Waals surface area contributed by atoms with E-state index in [4.69, 9.17) is 0 Å². The minimum atomic E-state index is -0.324. The van der Waals surface area contributed by atoms with Crippen LogP contribution >= 0.6 is 0 Å². The zero-order valence-corrected chi connectivity index (χ0v) is 12.1. The average molecular weight is 251 g/mol. The van der Waals surface area contributed by atoms with E-state index in [1.165, 1.54) is 0 Å². The Kier molecular flexibility index (Phi) is 3.26. The number of aryl methyl sites for hydroxylation is 1. The van der Waals surface area contributed by atoms with Gasteiger partial charge in [0.2, 0.25) is 0 Å². The predicted octanol–water partition coefficient (Wildman–Crippen LogP) is 2.27. The first-order valence-corrected chi connectivity index (χ1v) is 6.87. The van der Waals surface area contributed by atoms with Gasteiger partial charge in [0.05, 0.1) is 6.10 Å². The van der Waals surface area contributed by atoms with E-state index in [0.717, 1.165) is 18.8 Å². The van der Waals surface area contributed by atoms with Crippen LogP contribution in [-0.4, -0.2) is 26.0 Å². The smallest absolute Gasteiger partial charge is 0.138 e. The molecule has 1 atom stereocenters. The Morgan fingerprint density at radius 3 is 2.44 bits per heavy atom. The molecule has 0 aromatic carbocycles. The highest BCUT2D eigenvalue weighted by molar-refractivity contribution is 5.15. The van der Waals surface area contributed by atoms with Crippen molar-refractivity contribution in [2.45, 2.75) is 60.1 Å². The van der Waals surface area contributed by atoms with Gasteiger partial charge in [-0.3, -0.25) is 4.68 Å². The monoisotopic (exact) mass is 251 g/mol. The van der Waals surface area contributed by atoms with E-state index in [2.05, 4.69) is 44.7 Å². The van der Waals surface area contributed by atoms with Gasteiger partial charge >= 0.3 is 0 Å². The van der Waals surface area contributed by atoms with Crippen LogP contribution in [0.5, 0.6) is 0 Å². The molecular weight excluding hydrogens is 226 g/mol. The molecule has 1 aliphatic carbocycles. The van der Waals surface area contributed by atoms with Gasteiger partial charge in [0.15, 0.2) is 0 Å². The molecule has 4 heteroatoms. The SMILES string of the molecule is CCCn1ncnc1CC(O)C1C(C)(C)C1(C)C. The van der Waals surface area contributed by atoms with Crippen molar-refractivity contribution in [3.63, 3.8) is 0 Å². The molecule has 4 nitrogen and oxygen atoms in total. The highest BCUT2D eigenvalue weighted by atomic mass is 16.3. The highest BCUT2D eigenvalue weighted by Crippen LogP contribution is 2.69. The number of nitrogens with zero attached hydrogens (tertiary/aromatic N) is 3. The summed E-state index contributed by atoms with van der Waals surface area (Å²) in [7, 11) is 0. The summed E-state index contributed by atoms with van der Waals surface area (Å²) < 4.78 is 1.91. The van der Waals surface area contributed by atoms with E-state index in [0.29, 0.717) is 12.3 Å². The molecule has 0 bridgehead atoms. The van der Waals surface area contributed by atoms with Crippen LogP contribution in [-0.2, 0) is 13.0 Å². The quantitative estimate of drug-likeness (QED) is 0.873. The molecule has 1 fully saturated rings. The summed E-state index contributed by atoms with van der Waals surface area (Å²) in [5.74, 6) is 1.25. The van der Waals surface area contributed by atoms with E-state index < -0.39 is 0 Å². The third-order valence-electron chi connectivity index (χ3n) is 5.04. The Morgan fingerprint density at radius 2 is 1.94 bits per heavy atom. The third kappa shape index (κ3) is 1.96. The summed E-state index contributed by atoms with van der Waals surface area (Å²) in [5.41, 5.74) is 0.421. The lowest BCUT2D eigenvalue weighted by Crippen LogP contribution is -2.20. The molecule has 1 aromatic rings. The zero-order valence-electron chi connectivity index (χ0n) is 12.1. The van der Waals surface area contributed by atoms with Crippen LogP contribution in [0.25, 0.3) is 0 Å². The van der Waals surface area contributed by atoms with Crippen LogP contribution in [0.1, 0.15) is 46.9 Å². The lowest BCUT2D eigenvalue weighted by atomic mass is 10.0. The number of hydrogen-bond acceptors (Lipinski definition) is 3. The Labute approximate surface area is 109 Å². The van der Waals surface area contributed by atoms with Gasteiger partial charge in [-0.1, -0.05) is 34.6 Å². The molecule has 102 valence electrons. The lowest BCUT2D eigenvalue weighted by Gasteiger charge is -2.13. The molecular formula is C14H25N3O. The maximum atomic E-state index is 10.4. The van der Waals surface area contributed by atoms with Crippen molar-refractivity contribution in [3.05, 3.63) is 12.2 Å². The van der Waals surface area contributed by atoms with Gasteiger partial charge in [-0.15, -0.1) is 0 Å². The van der Waals surface area contributed by atoms with Crippen molar-refractivity contribution in [1.82, 2.24) is 14.8 Å². The van der Waals surface area contributed by atoms with Crippen molar-refractivity contribution in [1.29, 1.82) is 0 Å². The first-order chi connectivity index (χ1) is 8.32. The number of hydrogen-bond donors (Lipinski definition) is 1. The van der Waals surface area contributed by atoms with E-state index in [9.17, 15) is 5.11 Å². The number of aromatic nitrogens is 3. The van der Waals surface area contributed by atoms with Gasteiger partial charge < -0.3 is 5.11 Å². The van der Waals surface area contributed by atoms with Crippen LogP contribution in [0, 0.1) is 16.7 Å². The molecule has 0 saturated heterocycles. The van der Waals surface area contributed by atoms with E-state index in [1.54, 1.807) is 6.33 Å². The van der Waals surface area contributed by atoms with E-state index >= 15 is 0 Å². The highest BCUT2D eigenvalue weighted by Gasteiger charge is 2.67. The second-order valence-electron chi connectivity index (χ2n) is 6.59. The van der Waals surface area contributed by atoms with Crippen molar-refractivity contribution in [2.75, 3.05) is 0 Å². The largest absolute Gasteiger partial charge is 0.392 e. The summed E-state index contributed by atoms with van der Waals surface area (Å²) in [6.45, 7) is 11.9. The Balaban J connectivity index is 2.05. The Morgan fingerprint density at radius 1 is 1.33 bits per heavy atom. The minimum absolute atomic E-state index is 0.210. The van der Waals surface area contributed by atoms with Gasteiger partial charge in [0.1, 0.15) is 12.2 Å². The second kappa shape index (κ2) is 4.34. The fourth-order valence-electron chi connectivity index (χ4n) is 3.36. The summed E-state index contributed by atoms with van der Waals surface area (Å²) in [4.78, 5) is 4.27. The normalized spacial score (nSPS) is 23.0. The second-order valence-corrected chi connectivity index (χ2v) is 6.59. The summed E-state index contributed by atoms with van der Waals surface area (Å²) in [6, 6.07) is 0. The molecule has 0 radical (unpaired) electrons. The van der Waals surface area contributed by atoms with Crippen LogP contribution < -0.4 is 0 Å². The van der Waals surface area contributed by atoms with Crippen LogP contribution in [0.4, 0.5) is 0 Å². The molecule has 0 amide bonds. The summed E-state index contributed by atoms with van der Waals surface area (Å²) in [5, 5.41) is 14.6. The molecule has 2 rings (SSSR count). The molecule has 18 heavy (non-hydrogen) atoms. The van der Waals surface area contributed by atoms with Gasteiger partial charge in [-0.25, -0.2) is 4.98 Å². The summed E-state index contributed by atoms with van der Waals surface area (Å²) in [6.07, 6.45) is 2.90. The number of aliphatic hydroxyl groups is 1. The van der Waals surface area contributed by atoms with Crippen LogP contribution in [0.2, 0.25) is 0 Å². The number of rotatable bonds is 5. The van der Waals surface area contributed by atoms with Gasteiger partial charge in [-0.2, -0.15) is 5.10 Å². The van der Waals surface area contributed by atoms with Crippen molar-refractivity contribution in [2.24, 2.45) is 16.7 Å². The average Bonchev–Trinajstić information content (AvgIpc) is 2.59. The molecule has 1 aliphatic rings. The minimum Gasteiger partial charge on any atom is -0.392 e. The molecule has 0 aliphatic heterocycles. The fraction of sp³-hybridized carbons (Fsp3) is 0.857. The lowest BCUT2D eigenvalue weighted by molar-refractivity contribution is 0.126. The van der Waals surface area contributed by atoms with Crippen LogP contribution in [0.15, 0.2) is 6.33 Å².